The lowest BCUT2D eigenvalue weighted by Gasteiger charge is -2.14. The SMILES string of the molecule is C=CCN1C(=O)/C(=C\c2cccc(Oc3ccccc3)c2)C(C(=O)OC)=C1C. The molecule has 1 aliphatic rings. The summed E-state index contributed by atoms with van der Waals surface area (Å²) < 4.78 is 10.7. The number of allylic oxidation sites excluding steroid dienone is 1. The summed E-state index contributed by atoms with van der Waals surface area (Å²) in [7, 11) is 1.30. The van der Waals surface area contributed by atoms with Crippen molar-refractivity contribution in [3.05, 3.63) is 89.7 Å². The number of benzene rings is 2. The highest BCUT2D eigenvalue weighted by Crippen LogP contribution is 2.32. The summed E-state index contributed by atoms with van der Waals surface area (Å²) in [6.07, 6.45) is 3.30. The van der Waals surface area contributed by atoms with E-state index in [-0.39, 0.29) is 11.5 Å². The van der Waals surface area contributed by atoms with Crippen molar-refractivity contribution < 1.29 is 19.1 Å². The number of amides is 1. The van der Waals surface area contributed by atoms with Gasteiger partial charge >= 0.3 is 5.97 Å². The molecule has 0 fully saturated rings. The van der Waals surface area contributed by atoms with Gasteiger partial charge in [-0.05, 0) is 42.8 Å². The predicted octanol–water partition coefficient (Wildman–Crippen LogP) is 4.34. The number of nitrogens with zero attached hydrogens (tertiary/aromatic N) is 1. The predicted molar refractivity (Wildman–Crippen MR) is 108 cm³/mol. The van der Waals surface area contributed by atoms with E-state index in [0.717, 1.165) is 5.56 Å². The number of carbonyl (C=O) groups is 2. The van der Waals surface area contributed by atoms with Crippen LogP contribution in [0.25, 0.3) is 6.08 Å². The minimum Gasteiger partial charge on any atom is -0.465 e. The van der Waals surface area contributed by atoms with E-state index >= 15 is 0 Å². The molecule has 0 radical (unpaired) electrons. The van der Waals surface area contributed by atoms with E-state index in [4.69, 9.17) is 9.47 Å². The van der Waals surface area contributed by atoms with Crippen LogP contribution in [0.15, 0.2) is 84.1 Å². The van der Waals surface area contributed by atoms with E-state index in [0.29, 0.717) is 29.3 Å². The van der Waals surface area contributed by atoms with E-state index in [1.807, 2.05) is 54.6 Å². The molecule has 0 N–H and O–H groups in total. The molecule has 5 nitrogen and oxygen atoms in total. The molecule has 0 saturated carbocycles. The molecule has 1 aliphatic heterocycles. The molecule has 0 aliphatic carbocycles. The van der Waals surface area contributed by atoms with Gasteiger partial charge in [0.15, 0.2) is 0 Å². The molecular weight excluding hydrogens is 354 g/mol. The van der Waals surface area contributed by atoms with E-state index < -0.39 is 5.97 Å². The first-order valence-corrected chi connectivity index (χ1v) is 8.82. The number of hydrogen-bond donors (Lipinski definition) is 0. The van der Waals surface area contributed by atoms with Crippen LogP contribution in [0, 0.1) is 0 Å². The quantitative estimate of drug-likeness (QED) is 0.428. The molecule has 0 saturated heterocycles. The Morgan fingerprint density at radius 2 is 1.82 bits per heavy atom. The van der Waals surface area contributed by atoms with Crippen LogP contribution >= 0.6 is 0 Å². The molecule has 142 valence electrons. The number of rotatable bonds is 6. The van der Waals surface area contributed by atoms with Gasteiger partial charge in [0.25, 0.3) is 5.91 Å². The van der Waals surface area contributed by atoms with E-state index in [2.05, 4.69) is 6.58 Å². The molecule has 2 aromatic carbocycles. The van der Waals surface area contributed by atoms with Gasteiger partial charge in [-0.2, -0.15) is 0 Å². The maximum absolute atomic E-state index is 12.8. The number of esters is 1. The average molecular weight is 375 g/mol. The zero-order chi connectivity index (χ0) is 20.1. The normalized spacial score (nSPS) is 15.1. The Kier molecular flexibility index (Phi) is 5.75. The molecule has 0 bridgehead atoms. The van der Waals surface area contributed by atoms with Gasteiger partial charge in [0.1, 0.15) is 11.5 Å². The number of carbonyl (C=O) groups excluding carboxylic acids is 2. The number of para-hydroxylation sites is 1. The summed E-state index contributed by atoms with van der Waals surface area (Å²) in [5, 5.41) is 0. The molecule has 2 aromatic rings. The minimum atomic E-state index is -0.541. The van der Waals surface area contributed by atoms with Crippen LogP contribution in [0.1, 0.15) is 12.5 Å². The van der Waals surface area contributed by atoms with Crippen LogP contribution in [-0.2, 0) is 14.3 Å². The Hall–Kier alpha value is -3.60. The van der Waals surface area contributed by atoms with Gasteiger partial charge < -0.3 is 14.4 Å². The van der Waals surface area contributed by atoms with Gasteiger partial charge in [0, 0.05) is 12.2 Å². The average Bonchev–Trinajstić information content (AvgIpc) is 2.93. The first-order valence-electron chi connectivity index (χ1n) is 8.82. The molecule has 0 spiro atoms. The first kappa shape index (κ1) is 19.2. The largest absolute Gasteiger partial charge is 0.465 e. The zero-order valence-electron chi connectivity index (χ0n) is 15.8. The van der Waals surface area contributed by atoms with Crippen molar-refractivity contribution in [3.63, 3.8) is 0 Å². The van der Waals surface area contributed by atoms with Gasteiger partial charge in [-0.3, -0.25) is 4.79 Å². The van der Waals surface area contributed by atoms with Crippen LogP contribution in [0.2, 0.25) is 0 Å². The molecule has 1 amide bonds. The fourth-order valence-electron chi connectivity index (χ4n) is 3.04. The van der Waals surface area contributed by atoms with Crippen molar-refractivity contribution in [1.82, 2.24) is 4.90 Å². The van der Waals surface area contributed by atoms with Gasteiger partial charge in [-0.15, -0.1) is 6.58 Å². The van der Waals surface area contributed by atoms with Crippen molar-refractivity contribution in [3.8, 4) is 11.5 Å². The molecule has 28 heavy (non-hydrogen) atoms. The topological polar surface area (TPSA) is 55.8 Å². The lowest BCUT2D eigenvalue weighted by Crippen LogP contribution is -2.24. The molecule has 0 unspecified atom stereocenters. The van der Waals surface area contributed by atoms with Crippen molar-refractivity contribution in [1.29, 1.82) is 0 Å². The van der Waals surface area contributed by atoms with Crippen molar-refractivity contribution >= 4 is 18.0 Å². The second kappa shape index (κ2) is 8.39. The highest BCUT2D eigenvalue weighted by Gasteiger charge is 2.36. The highest BCUT2D eigenvalue weighted by molar-refractivity contribution is 6.16. The molecule has 3 rings (SSSR count). The Bertz CT molecular complexity index is 973. The maximum atomic E-state index is 12.8. The van der Waals surface area contributed by atoms with Crippen LogP contribution < -0.4 is 4.74 Å². The van der Waals surface area contributed by atoms with Gasteiger partial charge in [0.05, 0.1) is 18.3 Å². The molecule has 5 heteroatoms. The smallest absolute Gasteiger partial charge is 0.340 e. The summed E-state index contributed by atoms with van der Waals surface area (Å²) in [5.41, 5.74) is 1.86. The second-order valence-corrected chi connectivity index (χ2v) is 6.20. The third-order valence-corrected chi connectivity index (χ3v) is 4.36. The van der Waals surface area contributed by atoms with Gasteiger partial charge in [0.2, 0.25) is 0 Å². The number of hydrogen-bond acceptors (Lipinski definition) is 4. The van der Waals surface area contributed by atoms with Crippen LogP contribution in [-0.4, -0.2) is 30.4 Å². The summed E-state index contributed by atoms with van der Waals surface area (Å²) in [6.45, 7) is 5.72. The molecule has 0 aromatic heterocycles. The summed E-state index contributed by atoms with van der Waals surface area (Å²) in [4.78, 5) is 26.6. The van der Waals surface area contributed by atoms with Crippen LogP contribution in [0.4, 0.5) is 0 Å². The first-order chi connectivity index (χ1) is 13.5. The van der Waals surface area contributed by atoms with Gasteiger partial charge in [-0.1, -0.05) is 36.4 Å². The van der Waals surface area contributed by atoms with Gasteiger partial charge in [-0.25, -0.2) is 4.79 Å². The second-order valence-electron chi connectivity index (χ2n) is 6.20. The maximum Gasteiger partial charge on any atom is 0.340 e. The van der Waals surface area contributed by atoms with E-state index in [1.54, 1.807) is 19.1 Å². The number of methoxy groups -OCH3 is 1. The van der Waals surface area contributed by atoms with Crippen molar-refractivity contribution in [2.75, 3.05) is 13.7 Å². The minimum absolute atomic E-state index is 0.257. The van der Waals surface area contributed by atoms with Crippen LogP contribution in [0.5, 0.6) is 11.5 Å². The Morgan fingerprint density at radius 1 is 1.11 bits per heavy atom. The van der Waals surface area contributed by atoms with E-state index in [9.17, 15) is 9.59 Å². The Balaban J connectivity index is 1.97. The third-order valence-electron chi connectivity index (χ3n) is 4.36. The fourth-order valence-corrected chi connectivity index (χ4v) is 3.04. The molecule has 0 atom stereocenters. The lowest BCUT2D eigenvalue weighted by molar-refractivity contribution is -0.136. The lowest BCUT2D eigenvalue weighted by atomic mass is 10.0. The summed E-state index contributed by atoms with van der Waals surface area (Å²) >= 11 is 0. The zero-order valence-corrected chi connectivity index (χ0v) is 15.8. The standard InChI is InChI=1S/C23H21NO4/c1-4-13-24-16(2)21(23(26)27-3)20(22(24)25)15-17-9-8-12-19(14-17)28-18-10-6-5-7-11-18/h4-12,14-15H,1,13H2,2-3H3/b20-15-. The fraction of sp³-hybridized carbons (Fsp3) is 0.130. The van der Waals surface area contributed by atoms with Crippen molar-refractivity contribution in [2.45, 2.75) is 6.92 Å². The Morgan fingerprint density at radius 3 is 2.50 bits per heavy atom. The third kappa shape index (κ3) is 3.88. The Labute approximate surface area is 164 Å². The number of ether oxygens (including phenoxy) is 2. The van der Waals surface area contributed by atoms with Crippen LogP contribution in [0.3, 0.4) is 0 Å². The van der Waals surface area contributed by atoms with E-state index in [1.165, 1.54) is 12.0 Å². The monoisotopic (exact) mass is 375 g/mol. The molecular formula is C23H21NO4. The van der Waals surface area contributed by atoms with Crippen molar-refractivity contribution in [2.24, 2.45) is 0 Å². The summed E-state index contributed by atoms with van der Waals surface area (Å²) in [5.74, 6) is 0.550. The highest BCUT2D eigenvalue weighted by atomic mass is 16.5. The summed E-state index contributed by atoms with van der Waals surface area (Å²) in [6, 6.07) is 16.7. The molecule has 1 heterocycles.